The molecule has 17 heavy (non-hydrogen) atoms. The first kappa shape index (κ1) is 11.6. The number of hydrogen-bond acceptors (Lipinski definition) is 4. The third kappa shape index (κ3) is 2.80. The topological polar surface area (TPSA) is 75.4 Å². The summed E-state index contributed by atoms with van der Waals surface area (Å²) in [5, 5.41) is 18.1. The van der Waals surface area contributed by atoms with Gasteiger partial charge in [0.1, 0.15) is 0 Å². The van der Waals surface area contributed by atoms with Crippen molar-refractivity contribution in [3.05, 3.63) is 58.8 Å². The van der Waals surface area contributed by atoms with Crippen molar-refractivity contribution in [1.29, 1.82) is 0 Å². The lowest BCUT2D eigenvalue weighted by atomic mass is 9.79. The standard InChI is InChI=1S/C11H11BN2O3/c15-11-4-5-13-8-14(11)7-9-2-1-3-10(6-9)12(16)17/h1-6,8,16-17H,7H2. The van der Waals surface area contributed by atoms with E-state index < -0.39 is 7.12 Å². The molecule has 2 aromatic rings. The Hall–Kier alpha value is -1.92. The highest BCUT2D eigenvalue weighted by molar-refractivity contribution is 6.58. The molecular formula is C11H11BN2O3. The van der Waals surface area contributed by atoms with Crippen LogP contribution in [0.15, 0.2) is 47.7 Å². The fourth-order valence-electron chi connectivity index (χ4n) is 1.55. The third-order valence-electron chi connectivity index (χ3n) is 2.39. The molecule has 0 aliphatic heterocycles. The van der Waals surface area contributed by atoms with Crippen LogP contribution in [0.3, 0.4) is 0 Å². The smallest absolute Gasteiger partial charge is 0.423 e. The van der Waals surface area contributed by atoms with Crippen LogP contribution in [0.4, 0.5) is 0 Å². The zero-order valence-corrected chi connectivity index (χ0v) is 9.02. The van der Waals surface area contributed by atoms with Gasteiger partial charge < -0.3 is 10.0 Å². The van der Waals surface area contributed by atoms with E-state index in [9.17, 15) is 4.79 Å². The van der Waals surface area contributed by atoms with Gasteiger partial charge in [0.05, 0.1) is 12.9 Å². The molecule has 0 aliphatic carbocycles. The Morgan fingerprint density at radius 3 is 2.82 bits per heavy atom. The highest BCUT2D eigenvalue weighted by Gasteiger charge is 2.10. The van der Waals surface area contributed by atoms with Gasteiger partial charge in [-0.1, -0.05) is 24.3 Å². The largest absolute Gasteiger partial charge is 0.488 e. The Kier molecular flexibility index (Phi) is 3.36. The van der Waals surface area contributed by atoms with Crippen LogP contribution in [0.2, 0.25) is 0 Å². The van der Waals surface area contributed by atoms with Gasteiger partial charge in [-0.05, 0) is 11.0 Å². The van der Waals surface area contributed by atoms with Crippen LogP contribution >= 0.6 is 0 Å². The van der Waals surface area contributed by atoms with Crippen molar-refractivity contribution >= 4 is 12.6 Å². The molecule has 0 atom stereocenters. The normalized spacial score (nSPS) is 10.2. The van der Waals surface area contributed by atoms with Gasteiger partial charge in [-0.15, -0.1) is 0 Å². The molecule has 0 saturated carbocycles. The molecule has 0 saturated heterocycles. The predicted molar refractivity (Wildman–Crippen MR) is 63.9 cm³/mol. The Labute approximate surface area is 98.1 Å². The van der Waals surface area contributed by atoms with Gasteiger partial charge in [0.25, 0.3) is 5.56 Å². The minimum atomic E-state index is -1.50. The van der Waals surface area contributed by atoms with Crippen LogP contribution in [0.1, 0.15) is 5.56 Å². The summed E-state index contributed by atoms with van der Waals surface area (Å²) in [4.78, 5) is 15.3. The van der Waals surface area contributed by atoms with Crippen molar-refractivity contribution in [1.82, 2.24) is 9.55 Å². The van der Waals surface area contributed by atoms with Gasteiger partial charge >= 0.3 is 7.12 Å². The van der Waals surface area contributed by atoms with Crippen molar-refractivity contribution < 1.29 is 10.0 Å². The van der Waals surface area contributed by atoms with Crippen LogP contribution in [0.5, 0.6) is 0 Å². The van der Waals surface area contributed by atoms with E-state index in [1.54, 1.807) is 18.2 Å². The maximum atomic E-state index is 11.5. The minimum absolute atomic E-state index is 0.144. The highest BCUT2D eigenvalue weighted by atomic mass is 16.4. The summed E-state index contributed by atoms with van der Waals surface area (Å²) < 4.78 is 1.45. The predicted octanol–water partition coefficient (Wildman–Crippen LogP) is -1.03. The molecule has 86 valence electrons. The number of hydrogen-bond donors (Lipinski definition) is 2. The van der Waals surface area contributed by atoms with E-state index in [1.165, 1.54) is 23.2 Å². The molecule has 0 bridgehead atoms. The van der Waals surface area contributed by atoms with Gasteiger partial charge in [-0.3, -0.25) is 9.36 Å². The van der Waals surface area contributed by atoms with E-state index in [1.807, 2.05) is 6.07 Å². The van der Waals surface area contributed by atoms with Gasteiger partial charge in [-0.2, -0.15) is 0 Å². The molecule has 0 aliphatic rings. The SMILES string of the molecule is O=c1ccncn1Cc1cccc(B(O)O)c1. The van der Waals surface area contributed by atoms with Crippen molar-refractivity contribution in [2.45, 2.75) is 6.54 Å². The van der Waals surface area contributed by atoms with E-state index in [2.05, 4.69) is 4.98 Å². The van der Waals surface area contributed by atoms with Crippen LogP contribution in [0.25, 0.3) is 0 Å². The van der Waals surface area contributed by atoms with Crippen molar-refractivity contribution in [3.8, 4) is 0 Å². The van der Waals surface area contributed by atoms with Gasteiger partial charge in [-0.25, -0.2) is 4.98 Å². The number of benzene rings is 1. The number of aromatic nitrogens is 2. The molecule has 0 unspecified atom stereocenters. The fraction of sp³-hybridized carbons (Fsp3) is 0.0909. The van der Waals surface area contributed by atoms with Crippen molar-refractivity contribution in [2.24, 2.45) is 0 Å². The molecule has 1 aromatic carbocycles. The lowest BCUT2D eigenvalue weighted by molar-refractivity contribution is 0.425. The Bertz CT molecular complexity index is 568. The lowest BCUT2D eigenvalue weighted by Gasteiger charge is -2.06. The molecule has 6 heteroatoms. The van der Waals surface area contributed by atoms with Crippen LogP contribution < -0.4 is 11.0 Å². The molecule has 5 nitrogen and oxygen atoms in total. The summed E-state index contributed by atoms with van der Waals surface area (Å²) in [6.07, 6.45) is 2.89. The van der Waals surface area contributed by atoms with E-state index in [4.69, 9.17) is 10.0 Å². The first-order chi connectivity index (χ1) is 8.16. The van der Waals surface area contributed by atoms with E-state index in [0.29, 0.717) is 12.0 Å². The Morgan fingerprint density at radius 2 is 2.12 bits per heavy atom. The monoisotopic (exact) mass is 230 g/mol. The van der Waals surface area contributed by atoms with Crippen LogP contribution in [0, 0.1) is 0 Å². The van der Waals surface area contributed by atoms with Gasteiger partial charge in [0.2, 0.25) is 0 Å². The Balaban J connectivity index is 2.28. The molecule has 0 spiro atoms. The zero-order valence-electron chi connectivity index (χ0n) is 9.02. The maximum absolute atomic E-state index is 11.5. The summed E-state index contributed by atoms with van der Waals surface area (Å²) in [6, 6.07) is 8.16. The van der Waals surface area contributed by atoms with Crippen molar-refractivity contribution in [2.75, 3.05) is 0 Å². The Morgan fingerprint density at radius 1 is 1.29 bits per heavy atom. The first-order valence-corrected chi connectivity index (χ1v) is 5.12. The lowest BCUT2D eigenvalue weighted by Crippen LogP contribution is -2.30. The maximum Gasteiger partial charge on any atom is 0.488 e. The fourth-order valence-corrected chi connectivity index (χ4v) is 1.55. The summed E-state index contributed by atoms with van der Waals surface area (Å²) in [5.41, 5.74) is 1.07. The van der Waals surface area contributed by atoms with E-state index >= 15 is 0 Å². The average Bonchev–Trinajstić information content (AvgIpc) is 2.32. The van der Waals surface area contributed by atoms with Crippen LogP contribution in [-0.2, 0) is 6.54 Å². The number of rotatable bonds is 3. The second kappa shape index (κ2) is 4.94. The second-order valence-corrected chi connectivity index (χ2v) is 3.67. The van der Waals surface area contributed by atoms with E-state index in [0.717, 1.165) is 5.56 Å². The third-order valence-corrected chi connectivity index (χ3v) is 2.39. The molecular weight excluding hydrogens is 219 g/mol. The molecule has 0 fully saturated rings. The summed E-state index contributed by atoms with van der Waals surface area (Å²) in [5.74, 6) is 0. The first-order valence-electron chi connectivity index (χ1n) is 5.12. The summed E-state index contributed by atoms with van der Waals surface area (Å²) >= 11 is 0. The average molecular weight is 230 g/mol. The molecule has 0 radical (unpaired) electrons. The molecule has 1 heterocycles. The van der Waals surface area contributed by atoms with Gasteiger partial charge in [0, 0.05) is 12.3 Å². The highest BCUT2D eigenvalue weighted by Crippen LogP contribution is 1.99. The van der Waals surface area contributed by atoms with Crippen molar-refractivity contribution in [3.63, 3.8) is 0 Å². The second-order valence-electron chi connectivity index (χ2n) is 3.67. The van der Waals surface area contributed by atoms with E-state index in [-0.39, 0.29) is 5.56 Å². The summed E-state index contributed by atoms with van der Waals surface area (Å²) in [6.45, 7) is 0.354. The van der Waals surface area contributed by atoms with Crippen LogP contribution in [-0.4, -0.2) is 26.7 Å². The molecule has 2 rings (SSSR count). The quantitative estimate of drug-likeness (QED) is 0.661. The zero-order chi connectivity index (χ0) is 12.3. The molecule has 2 N–H and O–H groups in total. The molecule has 0 amide bonds. The van der Waals surface area contributed by atoms with Gasteiger partial charge in [0.15, 0.2) is 0 Å². The molecule has 1 aromatic heterocycles. The minimum Gasteiger partial charge on any atom is -0.423 e. The summed E-state index contributed by atoms with van der Waals surface area (Å²) in [7, 11) is -1.50. The number of nitrogens with zero attached hydrogens (tertiary/aromatic N) is 2.